The lowest BCUT2D eigenvalue weighted by molar-refractivity contribution is -0.142. The summed E-state index contributed by atoms with van der Waals surface area (Å²) in [6, 6.07) is 10.5. The minimum Gasteiger partial charge on any atom is -0.359 e. The van der Waals surface area contributed by atoms with Gasteiger partial charge in [-0.2, -0.15) is 0 Å². The first kappa shape index (κ1) is 23.9. The number of benzene rings is 1. The molecule has 2 N–H and O–H groups in total. The van der Waals surface area contributed by atoms with Crippen molar-refractivity contribution in [3.8, 4) is 0 Å². The molecule has 4 heterocycles. The van der Waals surface area contributed by atoms with Crippen molar-refractivity contribution in [2.45, 2.75) is 62.4 Å². The van der Waals surface area contributed by atoms with Crippen LogP contribution in [0.4, 0.5) is 5.69 Å². The second-order valence-electron chi connectivity index (χ2n) is 10.1. The third kappa shape index (κ3) is 4.01. The number of thiophene rings is 1. The Morgan fingerprint density at radius 1 is 1.11 bits per heavy atom. The van der Waals surface area contributed by atoms with E-state index < -0.39 is 29.6 Å². The summed E-state index contributed by atoms with van der Waals surface area (Å²) in [4.78, 5) is 43.9. The minimum atomic E-state index is -1.14. The van der Waals surface area contributed by atoms with E-state index >= 15 is 0 Å². The van der Waals surface area contributed by atoms with E-state index in [0.717, 1.165) is 35.0 Å². The molecular formula is C27H28BrN3O4S. The number of fused-ring (bicyclic) bond motifs is 1. The maximum Gasteiger partial charge on any atom is 0.246 e. The van der Waals surface area contributed by atoms with Crippen LogP contribution in [-0.4, -0.2) is 46.4 Å². The van der Waals surface area contributed by atoms with Crippen molar-refractivity contribution in [1.82, 2.24) is 10.2 Å². The van der Waals surface area contributed by atoms with Crippen LogP contribution in [0.5, 0.6) is 0 Å². The van der Waals surface area contributed by atoms with Crippen LogP contribution in [0.15, 0.2) is 58.4 Å². The number of ether oxygens (including phenoxy) is 1. The van der Waals surface area contributed by atoms with E-state index in [1.54, 1.807) is 16.2 Å². The highest BCUT2D eigenvalue weighted by Crippen LogP contribution is 2.55. The number of anilines is 1. The van der Waals surface area contributed by atoms with Crippen molar-refractivity contribution in [2.75, 3.05) is 5.32 Å². The van der Waals surface area contributed by atoms with Crippen molar-refractivity contribution in [3.63, 3.8) is 0 Å². The number of nitrogens with zero attached hydrogens (tertiary/aromatic N) is 1. The molecule has 36 heavy (non-hydrogen) atoms. The summed E-state index contributed by atoms with van der Waals surface area (Å²) in [5, 5.41) is 8.14. The predicted octanol–water partition coefficient (Wildman–Crippen LogP) is 4.25. The number of halogens is 1. The maximum absolute atomic E-state index is 14.0. The SMILES string of the molecule is O=C(Nc1ccc(Br)cc1)[C@@H]1[C@H]2C=C[C@@]3(O2)[C@H]1C(=O)N(Cc1cccs1)[C@@H]3C(=O)NC1CCCCC1. The van der Waals surface area contributed by atoms with Crippen molar-refractivity contribution >= 4 is 50.7 Å². The maximum atomic E-state index is 14.0. The fraction of sp³-hybridized carbons (Fsp3) is 0.444. The molecule has 2 saturated heterocycles. The molecule has 3 aliphatic heterocycles. The van der Waals surface area contributed by atoms with E-state index in [4.69, 9.17) is 4.74 Å². The van der Waals surface area contributed by atoms with Crippen molar-refractivity contribution in [1.29, 1.82) is 0 Å². The van der Waals surface area contributed by atoms with Gasteiger partial charge in [0.25, 0.3) is 0 Å². The van der Waals surface area contributed by atoms with E-state index in [-0.39, 0.29) is 23.8 Å². The molecule has 1 spiro atoms. The van der Waals surface area contributed by atoms with Crippen LogP contribution in [0, 0.1) is 11.8 Å². The Balaban J connectivity index is 1.31. The van der Waals surface area contributed by atoms with Crippen molar-refractivity contribution < 1.29 is 19.1 Å². The molecule has 2 bridgehead atoms. The van der Waals surface area contributed by atoms with Gasteiger partial charge < -0.3 is 20.3 Å². The normalized spacial score (nSPS) is 31.0. The van der Waals surface area contributed by atoms with E-state index in [9.17, 15) is 14.4 Å². The molecule has 3 amide bonds. The molecule has 9 heteroatoms. The first-order valence-electron chi connectivity index (χ1n) is 12.5. The number of hydrogen-bond acceptors (Lipinski definition) is 5. The van der Waals surface area contributed by atoms with Gasteiger partial charge in [-0.1, -0.05) is 53.4 Å². The summed E-state index contributed by atoms with van der Waals surface area (Å²) in [5.74, 6) is -2.10. The average molecular weight is 571 g/mol. The molecule has 1 aromatic heterocycles. The van der Waals surface area contributed by atoms with Gasteiger partial charge in [0.2, 0.25) is 17.7 Å². The summed E-state index contributed by atoms with van der Waals surface area (Å²) < 4.78 is 7.33. The molecule has 4 aliphatic rings. The van der Waals surface area contributed by atoms with Gasteiger partial charge in [-0.3, -0.25) is 14.4 Å². The van der Waals surface area contributed by atoms with Crippen molar-refractivity contribution in [3.05, 3.63) is 63.3 Å². The lowest BCUT2D eigenvalue weighted by Gasteiger charge is -2.34. The molecule has 1 aromatic carbocycles. The molecule has 6 rings (SSSR count). The molecule has 0 radical (unpaired) electrons. The zero-order valence-corrected chi connectivity index (χ0v) is 22.1. The van der Waals surface area contributed by atoms with Gasteiger partial charge in [0.1, 0.15) is 11.6 Å². The largest absolute Gasteiger partial charge is 0.359 e. The number of rotatable bonds is 6. The fourth-order valence-corrected chi connectivity index (χ4v) is 7.26. The first-order valence-corrected chi connectivity index (χ1v) is 14.2. The van der Waals surface area contributed by atoms with Crippen LogP contribution in [0.25, 0.3) is 0 Å². The van der Waals surface area contributed by atoms with Crippen LogP contribution >= 0.6 is 27.3 Å². The summed E-state index contributed by atoms with van der Waals surface area (Å²) in [7, 11) is 0. The molecule has 1 aliphatic carbocycles. The Morgan fingerprint density at radius 3 is 2.61 bits per heavy atom. The average Bonchev–Trinajstić information content (AvgIpc) is 3.64. The molecule has 1 saturated carbocycles. The highest BCUT2D eigenvalue weighted by Gasteiger charge is 2.72. The number of amides is 3. The molecule has 7 nitrogen and oxygen atoms in total. The summed E-state index contributed by atoms with van der Waals surface area (Å²) in [6.07, 6.45) is 8.46. The minimum absolute atomic E-state index is 0.111. The second kappa shape index (κ2) is 9.43. The fourth-order valence-electron chi connectivity index (χ4n) is 6.29. The third-order valence-corrected chi connectivity index (χ3v) is 9.28. The van der Waals surface area contributed by atoms with Gasteiger partial charge in [-0.25, -0.2) is 0 Å². The number of carbonyl (C=O) groups excluding carboxylic acids is 3. The van der Waals surface area contributed by atoms with E-state index in [1.807, 2.05) is 53.9 Å². The quantitative estimate of drug-likeness (QED) is 0.509. The molecule has 188 valence electrons. The lowest BCUT2D eigenvalue weighted by atomic mass is 9.74. The van der Waals surface area contributed by atoms with Gasteiger partial charge in [0, 0.05) is 21.1 Å². The Morgan fingerprint density at radius 2 is 1.89 bits per heavy atom. The molecular weight excluding hydrogens is 542 g/mol. The Bertz CT molecular complexity index is 1190. The molecule has 3 fully saturated rings. The number of hydrogen-bond donors (Lipinski definition) is 2. The Labute approximate surface area is 222 Å². The Kier molecular flexibility index (Phi) is 6.25. The Hall–Kier alpha value is -2.49. The number of likely N-dealkylation sites (tertiary alicyclic amines) is 1. The van der Waals surface area contributed by atoms with E-state index in [2.05, 4.69) is 26.6 Å². The van der Waals surface area contributed by atoms with E-state index in [0.29, 0.717) is 12.2 Å². The van der Waals surface area contributed by atoms with Gasteiger partial charge >= 0.3 is 0 Å². The van der Waals surface area contributed by atoms with Crippen LogP contribution in [-0.2, 0) is 25.7 Å². The number of carbonyl (C=O) groups is 3. The number of nitrogens with one attached hydrogen (secondary N) is 2. The lowest BCUT2D eigenvalue weighted by Crippen LogP contribution is -2.56. The highest BCUT2D eigenvalue weighted by atomic mass is 79.9. The highest BCUT2D eigenvalue weighted by molar-refractivity contribution is 9.10. The van der Waals surface area contributed by atoms with Crippen LogP contribution in [0.3, 0.4) is 0 Å². The van der Waals surface area contributed by atoms with Gasteiger partial charge in [-0.15, -0.1) is 11.3 Å². The summed E-state index contributed by atoms with van der Waals surface area (Å²) in [5.41, 5.74) is -0.490. The summed E-state index contributed by atoms with van der Waals surface area (Å²) in [6.45, 7) is 0.320. The van der Waals surface area contributed by atoms with Gasteiger partial charge in [-0.05, 0) is 48.6 Å². The summed E-state index contributed by atoms with van der Waals surface area (Å²) >= 11 is 4.95. The molecule has 0 unspecified atom stereocenters. The monoisotopic (exact) mass is 569 g/mol. The van der Waals surface area contributed by atoms with Gasteiger partial charge in [0.05, 0.1) is 24.5 Å². The predicted molar refractivity (Wildman–Crippen MR) is 140 cm³/mol. The zero-order valence-electron chi connectivity index (χ0n) is 19.7. The van der Waals surface area contributed by atoms with Gasteiger partial charge in [0.15, 0.2) is 0 Å². The van der Waals surface area contributed by atoms with Crippen LogP contribution in [0.1, 0.15) is 37.0 Å². The zero-order chi connectivity index (χ0) is 24.9. The first-order chi connectivity index (χ1) is 17.5. The third-order valence-electron chi connectivity index (χ3n) is 7.89. The van der Waals surface area contributed by atoms with Crippen molar-refractivity contribution in [2.24, 2.45) is 11.8 Å². The standard InChI is InChI=1S/C27H28BrN3O4S/c28-16-8-10-18(11-9-16)29-24(32)21-20-12-13-27(35-20)22(21)26(34)31(15-19-7-4-14-36-19)23(27)25(33)30-17-5-2-1-3-6-17/h4,7-14,17,20-23H,1-3,5-6,15H2,(H,29,32)(H,30,33)/t20-,21-,22-,23-,27-/m1/s1. The topological polar surface area (TPSA) is 87.7 Å². The van der Waals surface area contributed by atoms with E-state index in [1.165, 1.54) is 6.42 Å². The molecule has 5 atom stereocenters. The van der Waals surface area contributed by atoms with Crippen LogP contribution < -0.4 is 10.6 Å². The van der Waals surface area contributed by atoms with Crippen LogP contribution in [0.2, 0.25) is 0 Å². The molecule has 2 aromatic rings. The second-order valence-corrected chi connectivity index (χ2v) is 12.0. The smallest absolute Gasteiger partial charge is 0.246 e.